The largest absolute Gasteiger partial charge is 0.573 e. The van der Waals surface area contributed by atoms with Crippen molar-refractivity contribution in [1.82, 2.24) is 40.4 Å². The zero-order valence-electron chi connectivity index (χ0n) is 40.6. The molecular weight excluding hydrogens is 969 g/mol. The van der Waals surface area contributed by atoms with Crippen LogP contribution in [0.5, 0.6) is 11.5 Å². The maximum Gasteiger partial charge on any atom is 0.573 e. The maximum atomic E-state index is 13.5. The number of rotatable bonds is 18. The number of nitrogens with one attached hydrogen (secondary N) is 4. The molecule has 4 N–H and O–H groups in total. The fraction of sp³-hybridized carbons (Fsp3) is 0.604. The van der Waals surface area contributed by atoms with Gasteiger partial charge < -0.3 is 30.3 Å². The second-order valence-corrected chi connectivity index (χ2v) is 19.5. The highest BCUT2D eigenvalue weighted by Crippen LogP contribution is 2.39. The molecule has 398 valence electrons. The molecule has 8 rings (SSSR count). The van der Waals surface area contributed by atoms with E-state index in [1.54, 1.807) is 17.1 Å². The summed E-state index contributed by atoms with van der Waals surface area (Å²) in [5, 5.41) is 41.3. The van der Waals surface area contributed by atoms with Crippen LogP contribution >= 0.6 is 0 Å². The van der Waals surface area contributed by atoms with Crippen molar-refractivity contribution in [3.63, 3.8) is 0 Å². The molecule has 0 radical (unpaired) electrons. The third-order valence-electron chi connectivity index (χ3n) is 14.7. The molecule has 3 aliphatic heterocycles. The summed E-state index contributed by atoms with van der Waals surface area (Å²) >= 11 is 0. The zero-order valence-corrected chi connectivity index (χ0v) is 40.6. The van der Waals surface area contributed by atoms with Crippen molar-refractivity contribution in [3.8, 4) is 11.5 Å². The Labute approximate surface area is 419 Å². The quantitative estimate of drug-likeness (QED) is 0.0540. The predicted molar refractivity (Wildman–Crippen MR) is 258 cm³/mol. The molecule has 0 bridgehead atoms. The molecule has 2 aliphatic carbocycles. The number of aromatic nitrogens is 2. The van der Waals surface area contributed by atoms with E-state index < -0.39 is 34.6 Å². The van der Waals surface area contributed by atoms with Gasteiger partial charge in [-0.25, -0.2) is 15.0 Å². The lowest BCUT2D eigenvalue weighted by Crippen LogP contribution is -2.60. The number of likely N-dealkylation sites (N-methyl/N-ethyl adjacent to an activating group) is 1. The molecule has 1 aromatic heterocycles. The van der Waals surface area contributed by atoms with Gasteiger partial charge in [-0.2, -0.15) is 4.98 Å². The lowest BCUT2D eigenvalue weighted by molar-refractivity contribution is -0.417. The predicted octanol–water partition coefficient (Wildman–Crippen LogP) is 8.08. The highest BCUT2D eigenvalue weighted by Gasteiger charge is 2.41. The summed E-state index contributed by atoms with van der Waals surface area (Å²) in [4.78, 5) is 42.0. The first-order chi connectivity index (χ1) is 35.0. The van der Waals surface area contributed by atoms with Crippen LogP contribution in [0.4, 0.5) is 43.8 Å². The van der Waals surface area contributed by atoms with Gasteiger partial charge in [0.25, 0.3) is 0 Å². The molecular formula is C48H63F6N13O6. The minimum Gasteiger partial charge on any atom is -0.405 e. The van der Waals surface area contributed by atoms with Crippen molar-refractivity contribution in [3.05, 3.63) is 98.0 Å². The fourth-order valence-electron chi connectivity index (χ4n) is 10.8. The molecule has 25 heteroatoms. The molecule has 2 atom stereocenters. The summed E-state index contributed by atoms with van der Waals surface area (Å²) in [6.45, 7) is 5.33. The number of anilines is 2. The van der Waals surface area contributed by atoms with Gasteiger partial charge in [0.05, 0.1) is 9.85 Å². The Morgan fingerprint density at radius 1 is 0.712 bits per heavy atom. The fourth-order valence-corrected chi connectivity index (χ4v) is 10.8. The van der Waals surface area contributed by atoms with E-state index in [0.717, 1.165) is 103 Å². The normalized spacial score (nSPS) is 24.8. The molecule has 73 heavy (non-hydrogen) atoms. The SMILES string of the molecule is CN1CCN([C@H]2CC[C@H](CNC3=NC(NCc4ccccc4OC(F)(F)F)N(N4CCCCC4[C@H]4CC[C@H](CNc5nc(NCc6ccccc6OC(F)(F)F)ncc5[N+](=O)[O-])CC4)C=C3[N+](=O)[O-])CC2)CC1. The third-order valence-corrected chi connectivity index (χ3v) is 14.7. The summed E-state index contributed by atoms with van der Waals surface area (Å²) < 4.78 is 87.9. The van der Waals surface area contributed by atoms with Crippen LogP contribution in [-0.4, -0.2) is 129 Å². The van der Waals surface area contributed by atoms with Gasteiger partial charge in [0, 0.05) is 82.1 Å². The smallest absolute Gasteiger partial charge is 0.405 e. The van der Waals surface area contributed by atoms with Crippen LogP contribution in [0.2, 0.25) is 0 Å². The van der Waals surface area contributed by atoms with Crippen molar-refractivity contribution in [2.45, 2.75) is 115 Å². The second kappa shape index (κ2) is 23.9. The van der Waals surface area contributed by atoms with Gasteiger partial charge >= 0.3 is 24.1 Å². The number of piperidine rings is 1. The highest BCUT2D eigenvalue weighted by molar-refractivity contribution is 5.96. The number of para-hydroxylation sites is 2. The van der Waals surface area contributed by atoms with Crippen LogP contribution < -0.4 is 30.7 Å². The Hall–Kier alpha value is -6.05. The summed E-state index contributed by atoms with van der Waals surface area (Å²) in [6, 6.07) is 11.9. The Morgan fingerprint density at radius 2 is 1.32 bits per heavy atom. The molecule has 19 nitrogen and oxygen atoms in total. The van der Waals surface area contributed by atoms with Crippen LogP contribution in [0, 0.1) is 38.0 Å². The Kier molecular flexibility index (Phi) is 17.4. The number of alkyl halides is 6. The number of nitro groups is 2. The summed E-state index contributed by atoms with van der Waals surface area (Å²) in [6.07, 6.45) is 1.38. The lowest BCUT2D eigenvalue weighted by atomic mass is 9.76. The highest BCUT2D eigenvalue weighted by atomic mass is 19.4. The molecule has 3 aromatic rings. The number of piperazine rings is 1. The van der Waals surface area contributed by atoms with Crippen LogP contribution in [-0.2, 0) is 13.1 Å². The number of halogens is 6. The number of nitrogens with zero attached hydrogens (tertiary/aromatic N) is 9. The monoisotopic (exact) mass is 1030 g/mol. The van der Waals surface area contributed by atoms with E-state index in [-0.39, 0.29) is 82.7 Å². The Balaban J connectivity index is 0.935. The van der Waals surface area contributed by atoms with Gasteiger partial charge in [0.1, 0.15) is 23.9 Å². The van der Waals surface area contributed by atoms with Gasteiger partial charge in [0.2, 0.25) is 17.6 Å². The van der Waals surface area contributed by atoms with Gasteiger partial charge in [-0.05, 0) is 101 Å². The molecule has 2 saturated heterocycles. The van der Waals surface area contributed by atoms with E-state index in [0.29, 0.717) is 25.7 Å². The molecule has 2 saturated carbocycles. The van der Waals surface area contributed by atoms with E-state index >= 15 is 0 Å². The first kappa shape index (κ1) is 53.2. The number of amidine groups is 1. The van der Waals surface area contributed by atoms with Crippen molar-refractivity contribution in [1.29, 1.82) is 0 Å². The van der Waals surface area contributed by atoms with Gasteiger partial charge in [0.15, 0.2) is 6.29 Å². The standard InChI is InChI=1S/C48H63F6N13O6/c1-62-22-24-63(25-23-62)37-19-15-33(16-20-37)27-56-44-40(67(70)71)31-65(46(61-44)59-29-36-9-3-5-12-42(36)73-48(52,53)54)64-21-7-6-10-38(64)34-17-13-32(14-18-34)26-55-43-39(66(68)69)30-58-45(60-43)57-28-35-8-2-4-11-41(35)72-47(49,50)51/h2-5,8-9,11-12,30-34,37-38,46,59H,6-7,10,13-29H2,1H3,(H,56,61)(H2,55,57,58,60)/t32-,33-,34-,37-,38?,46?. The van der Waals surface area contributed by atoms with Crippen LogP contribution in [0.15, 0.2) is 71.6 Å². The van der Waals surface area contributed by atoms with E-state index in [4.69, 9.17) is 4.99 Å². The zero-order chi connectivity index (χ0) is 51.7. The Morgan fingerprint density at radius 3 is 1.93 bits per heavy atom. The molecule has 0 spiro atoms. The molecule has 2 unspecified atom stereocenters. The van der Waals surface area contributed by atoms with Crippen molar-refractivity contribution < 1.29 is 45.7 Å². The van der Waals surface area contributed by atoms with Gasteiger partial charge in [-0.15, -0.1) is 26.3 Å². The van der Waals surface area contributed by atoms with Crippen LogP contribution in [0.25, 0.3) is 0 Å². The van der Waals surface area contributed by atoms with E-state index in [9.17, 15) is 46.6 Å². The average molecular weight is 1030 g/mol. The number of hydrogen-bond donors (Lipinski definition) is 4. The number of hydrogen-bond acceptors (Lipinski definition) is 17. The maximum absolute atomic E-state index is 13.5. The van der Waals surface area contributed by atoms with Crippen molar-refractivity contribution in [2.75, 3.05) is 63.5 Å². The van der Waals surface area contributed by atoms with Gasteiger partial charge in [-0.1, -0.05) is 42.8 Å². The molecule has 2 aromatic carbocycles. The second-order valence-electron chi connectivity index (χ2n) is 19.5. The minimum absolute atomic E-state index is 0.0408. The molecule has 5 aliphatic rings. The van der Waals surface area contributed by atoms with Crippen LogP contribution in [0.3, 0.4) is 0 Å². The molecule has 4 heterocycles. The number of aliphatic imine (C=N–C) groups is 1. The van der Waals surface area contributed by atoms with Crippen LogP contribution in [0.1, 0.15) is 81.8 Å². The van der Waals surface area contributed by atoms with E-state index in [2.05, 4.69) is 62.6 Å². The summed E-state index contributed by atoms with van der Waals surface area (Å²) in [7, 11) is 2.14. The minimum atomic E-state index is -4.92. The van der Waals surface area contributed by atoms with Crippen molar-refractivity contribution in [2.24, 2.45) is 22.7 Å². The Bertz CT molecular complexity index is 2410. The van der Waals surface area contributed by atoms with E-state index in [1.165, 1.54) is 42.6 Å². The lowest BCUT2D eigenvalue weighted by Gasteiger charge is -2.49. The average Bonchev–Trinajstić information content (AvgIpc) is 3.36. The number of ether oxygens (including phenoxy) is 2. The molecule has 4 fully saturated rings. The third kappa shape index (κ3) is 14.6. The number of benzene rings is 2. The first-order valence-electron chi connectivity index (χ1n) is 25.0. The topological polar surface area (TPSA) is 204 Å². The van der Waals surface area contributed by atoms with E-state index in [1.807, 2.05) is 0 Å². The summed E-state index contributed by atoms with van der Waals surface area (Å²) in [5.74, 6) is -0.224. The van der Waals surface area contributed by atoms with Crippen molar-refractivity contribution >= 4 is 23.3 Å². The number of hydrazine groups is 1. The van der Waals surface area contributed by atoms with Gasteiger partial charge in [-0.3, -0.25) is 35.5 Å². The summed E-state index contributed by atoms with van der Waals surface area (Å²) in [5.41, 5.74) is -0.179. The molecule has 0 amide bonds. The first-order valence-corrected chi connectivity index (χ1v) is 25.0.